The number of carbonyl (C=O) groups is 2. The topological polar surface area (TPSA) is 120 Å². The van der Waals surface area contributed by atoms with Gasteiger partial charge in [-0.05, 0) is 154 Å². The minimum atomic E-state index is -0.913. The normalized spacial score (nSPS) is 15.2. The molecule has 0 bridgehead atoms. The van der Waals surface area contributed by atoms with Gasteiger partial charge in [-0.25, -0.2) is 0 Å². The maximum absolute atomic E-state index is 13.5. The summed E-state index contributed by atoms with van der Waals surface area (Å²) < 4.78 is 36.9. The Balaban J connectivity index is 2.03. The molecule has 72 heavy (non-hydrogen) atoms. The molecule has 2 aliphatic rings. The standard InChI is InChI=1S/C58H106N4O8S2/c1-4-7-10-13-16-17-18-19-20-21-22-23-24-25-28-37-54(63)67-50-52(69-57(71)59-40-35-46-61-42-29-30-43-61)53(70-58(72)60-41-36-47-62-44-31-32-45-62)51-68-55(64)38-39-56(65-48-33-26-14-11-8-5-2)66-49-34-27-15-12-9-6-3/h16-17,19-20,52-53,56H,4-15,18,21-51H2,1-3H3,(H,59,71)(H,60,72)/b17-16-,20-19-. The largest absolute Gasteiger partial charge is 0.462 e. The first-order valence-electron chi connectivity index (χ1n) is 29.5. The molecule has 0 amide bonds. The van der Waals surface area contributed by atoms with Gasteiger partial charge in [-0.3, -0.25) is 9.59 Å². The third-order valence-electron chi connectivity index (χ3n) is 13.5. The zero-order valence-corrected chi connectivity index (χ0v) is 47.8. The summed E-state index contributed by atoms with van der Waals surface area (Å²) in [5.41, 5.74) is 0. The Morgan fingerprint density at radius 3 is 1.39 bits per heavy atom. The molecule has 2 rings (SSSR count). The van der Waals surface area contributed by atoms with Crippen molar-refractivity contribution >= 4 is 46.7 Å². The van der Waals surface area contributed by atoms with Gasteiger partial charge in [0.05, 0.1) is 6.42 Å². The molecule has 2 fully saturated rings. The average molecular weight is 1050 g/mol. The summed E-state index contributed by atoms with van der Waals surface area (Å²) in [6, 6.07) is 0. The molecule has 2 heterocycles. The van der Waals surface area contributed by atoms with Gasteiger partial charge in [0, 0.05) is 39.1 Å². The van der Waals surface area contributed by atoms with E-state index < -0.39 is 24.5 Å². The van der Waals surface area contributed by atoms with Crippen LogP contribution in [0.1, 0.15) is 226 Å². The van der Waals surface area contributed by atoms with Crippen molar-refractivity contribution in [1.29, 1.82) is 0 Å². The van der Waals surface area contributed by atoms with Crippen molar-refractivity contribution in [1.82, 2.24) is 20.4 Å². The van der Waals surface area contributed by atoms with Gasteiger partial charge in [-0.15, -0.1) is 0 Å². The number of rotatable bonds is 48. The van der Waals surface area contributed by atoms with E-state index in [1.165, 1.54) is 103 Å². The Bertz CT molecular complexity index is 1360. The minimum absolute atomic E-state index is 0.106. The first kappa shape index (κ1) is 65.8. The molecule has 0 radical (unpaired) electrons. The lowest BCUT2D eigenvalue weighted by Crippen LogP contribution is -2.46. The summed E-state index contributed by atoms with van der Waals surface area (Å²) in [4.78, 5) is 31.7. The van der Waals surface area contributed by atoms with Crippen molar-refractivity contribution in [2.75, 3.05) is 78.8 Å². The molecular weight excluding hydrogens is 945 g/mol. The summed E-state index contributed by atoms with van der Waals surface area (Å²) in [6.07, 6.45) is 40.6. The number of hydrogen-bond donors (Lipinski definition) is 2. The van der Waals surface area contributed by atoms with Gasteiger partial charge in [0.15, 0.2) is 18.5 Å². The third kappa shape index (κ3) is 39.1. The molecule has 0 aliphatic carbocycles. The Hall–Kier alpha value is -2.36. The lowest BCUT2D eigenvalue weighted by Gasteiger charge is -2.28. The predicted octanol–water partition coefficient (Wildman–Crippen LogP) is 13.2. The van der Waals surface area contributed by atoms with Crippen molar-refractivity contribution < 1.29 is 38.0 Å². The van der Waals surface area contributed by atoms with E-state index in [0.717, 1.165) is 123 Å². The van der Waals surface area contributed by atoms with Crippen molar-refractivity contribution in [2.45, 2.75) is 245 Å². The van der Waals surface area contributed by atoms with Gasteiger partial charge in [-0.1, -0.05) is 141 Å². The quantitative estimate of drug-likeness (QED) is 0.0198. The second-order valence-corrected chi connectivity index (χ2v) is 20.9. The summed E-state index contributed by atoms with van der Waals surface area (Å²) >= 11 is 11.4. The van der Waals surface area contributed by atoms with Gasteiger partial charge < -0.3 is 48.9 Å². The van der Waals surface area contributed by atoms with Crippen molar-refractivity contribution in [3.63, 3.8) is 0 Å². The number of unbranched alkanes of at least 4 members (excludes halogenated alkanes) is 18. The Kier molecular flexibility index (Phi) is 44.1. The molecule has 2 unspecified atom stereocenters. The SMILES string of the molecule is CCCCC/C=C\C/C=C\CCCCCCCC(=O)OCC(OC(=S)NCCCN1CCCC1)C(COC(=O)CCC(OCCCCCCCC)OCCCCCCCC)OC(=S)NCCCN1CCCC1. The second-order valence-electron chi connectivity index (χ2n) is 20.1. The number of likely N-dealkylation sites (tertiary alicyclic amines) is 2. The fraction of sp³-hybridized carbons (Fsp3) is 0.862. The monoisotopic (exact) mass is 1050 g/mol. The smallest absolute Gasteiger partial charge is 0.306 e. The molecule has 0 saturated carbocycles. The average Bonchev–Trinajstić information content (AvgIpc) is 4.12. The molecule has 0 aromatic carbocycles. The van der Waals surface area contributed by atoms with Crippen LogP contribution in [-0.2, 0) is 38.0 Å². The Labute approximate surface area is 450 Å². The fourth-order valence-corrected chi connectivity index (χ4v) is 9.46. The van der Waals surface area contributed by atoms with E-state index >= 15 is 0 Å². The van der Waals surface area contributed by atoms with Gasteiger partial charge >= 0.3 is 11.9 Å². The number of carbonyl (C=O) groups excluding carboxylic acids is 2. The van der Waals surface area contributed by atoms with Crippen molar-refractivity contribution in [3.8, 4) is 0 Å². The number of nitrogens with zero attached hydrogens (tertiary/aromatic N) is 2. The second kappa shape index (κ2) is 48.3. The molecular formula is C58H106N4O8S2. The van der Waals surface area contributed by atoms with Crippen LogP contribution in [0.4, 0.5) is 0 Å². The Morgan fingerprint density at radius 2 is 0.903 bits per heavy atom. The lowest BCUT2D eigenvalue weighted by molar-refractivity contribution is -0.163. The highest BCUT2D eigenvalue weighted by molar-refractivity contribution is 7.80. The van der Waals surface area contributed by atoms with Crippen LogP contribution in [-0.4, -0.2) is 129 Å². The number of thiocarbonyl (C=S) groups is 2. The highest BCUT2D eigenvalue weighted by Crippen LogP contribution is 2.16. The number of nitrogens with one attached hydrogen (secondary N) is 2. The van der Waals surface area contributed by atoms with Gasteiger partial charge in [0.2, 0.25) is 0 Å². The lowest BCUT2D eigenvalue weighted by atomic mass is 10.1. The van der Waals surface area contributed by atoms with Crippen LogP contribution in [0.15, 0.2) is 24.3 Å². The maximum atomic E-state index is 13.5. The van der Waals surface area contributed by atoms with Crippen LogP contribution in [0.25, 0.3) is 0 Å². The predicted molar refractivity (Wildman–Crippen MR) is 304 cm³/mol. The van der Waals surface area contributed by atoms with Gasteiger partial charge in [0.25, 0.3) is 10.3 Å². The molecule has 2 aliphatic heterocycles. The highest BCUT2D eigenvalue weighted by Gasteiger charge is 2.31. The molecule has 2 saturated heterocycles. The molecule has 2 atom stereocenters. The maximum Gasteiger partial charge on any atom is 0.306 e. The van der Waals surface area contributed by atoms with E-state index in [4.69, 9.17) is 52.9 Å². The van der Waals surface area contributed by atoms with E-state index in [-0.39, 0.29) is 36.0 Å². The fourth-order valence-electron chi connectivity index (χ4n) is 9.01. The highest BCUT2D eigenvalue weighted by atomic mass is 32.1. The van der Waals surface area contributed by atoms with Crippen LogP contribution in [0.5, 0.6) is 0 Å². The van der Waals surface area contributed by atoms with Crippen LogP contribution in [0, 0.1) is 0 Å². The molecule has 418 valence electrons. The zero-order valence-electron chi connectivity index (χ0n) is 46.1. The molecule has 14 heteroatoms. The number of ether oxygens (including phenoxy) is 6. The van der Waals surface area contributed by atoms with Crippen LogP contribution < -0.4 is 10.6 Å². The third-order valence-corrected chi connectivity index (χ3v) is 14.0. The number of hydrogen-bond acceptors (Lipinski definition) is 12. The van der Waals surface area contributed by atoms with Crippen LogP contribution in [0.3, 0.4) is 0 Å². The number of esters is 2. The molecule has 0 aromatic heterocycles. The first-order valence-corrected chi connectivity index (χ1v) is 30.3. The minimum Gasteiger partial charge on any atom is -0.462 e. The molecule has 12 nitrogen and oxygen atoms in total. The zero-order chi connectivity index (χ0) is 51.8. The number of allylic oxidation sites excluding steroid dienone is 4. The van der Waals surface area contributed by atoms with Gasteiger partial charge in [-0.2, -0.15) is 0 Å². The van der Waals surface area contributed by atoms with E-state index in [2.05, 4.69) is 65.5 Å². The summed E-state index contributed by atoms with van der Waals surface area (Å²) in [5, 5.41) is 6.82. The Morgan fingerprint density at radius 1 is 0.500 bits per heavy atom. The van der Waals surface area contributed by atoms with E-state index in [9.17, 15) is 9.59 Å². The summed E-state index contributed by atoms with van der Waals surface area (Å²) in [6.45, 7) is 15.3. The van der Waals surface area contributed by atoms with E-state index in [0.29, 0.717) is 39.1 Å². The summed E-state index contributed by atoms with van der Waals surface area (Å²) in [7, 11) is 0. The first-order chi connectivity index (χ1) is 35.3. The van der Waals surface area contributed by atoms with Crippen LogP contribution in [0.2, 0.25) is 0 Å². The van der Waals surface area contributed by atoms with Gasteiger partial charge in [0.1, 0.15) is 13.2 Å². The van der Waals surface area contributed by atoms with Crippen molar-refractivity contribution in [3.05, 3.63) is 24.3 Å². The summed E-state index contributed by atoms with van der Waals surface area (Å²) in [5.74, 6) is -0.728. The molecule has 0 spiro atoms. The molecule has 0 aromatic rings. The van der Waals surface area contributed by atoms with Crippen LogP contribution >= 0.6 is 24.4 Å². The van der Waals surface area contributed by atoms with E-state index in [1.807, 2.05) is 0 Å². The van der Waals surface area contributed by atoms with Crippen molar-refractivity contribution in [2.24, 2.45) is 0 Å². The molecule has 2 N–H and O–H groups in total. The van der Waals surface area contributed by atoms with E-state index in [1.54, 1.807) is 0 Å².